The number of carbonyl (C=O) groups is 2. The predicted octanol–water partition coefficient (Wildman–Crippen LogP) is 0.395. The Morgan fingerprint density at radius 2 is 1.53 bits per heavy atom. The fourth-order valence-electron chi connectivity index (χ4n) is 1.08. The van der Waals surface area contributed by atoms with E-state index in [2.05, 4.69) is 0 Å². The number of hydrogen-bond donors (Lipinski definition) is 1. The number of rotatable bonds is 5. The maximum Gasteiger partial charge on any atom is 0.329 e. The Kier molecular flexibility index (Phi) is 5.41. The number of carbonyl (C=O) groups excluding carboxylic acids is 1. The van der Waals surface area contributed by atoms with Crippen LogP contribution < -0.4 is 0 Å². The van der Waals surface area contributed by atoms with Crippen LogP contribution in [0.5, 0.6) is 0 Å². The van der Waals surface area contributed by atoms with E-state index in [1.54, 1.807) is 7.05 Å². The summed E-state index contributed by atoms with van der Waals surface area (Å²) in [5, 5.41) is 9.04. The lowest BCUT2D eigenvalue weighted by Gasteiger charge is -2.34. The fraction of sp³-hybridized carbons (Fsp3) is 0.818. The van der Waals surface area contributed by atoms with Crippen molar-refractivity contribution in [3.8, 4) is 0 Å². The highest BCUT2D eigenvalue weighted by atomic mass is 16.4. The molecule has 0 aromatic rings. The van der Waals surface area contributed by atoms with Crippen LogP contribution in [0.15, 0.2) is 0 Å². The van der Waals surface area contributed by atoms with Crippen molar-refractivity contribution >= 4 is 12.0 Å². The summed E-state index contributed by atoms with van der Waals surface area (Å²) in [6.45, 7) is 4.31. The average Bonchev–Trinajstić information content (AvgIpc) is 2.23. The molecule has 0 aliphatic heterocycles. The minimum absolute atomic E-state index is 0.292. The molecular weight excluding hydrogens is 222 g/mol. The van der Waals surface area contributed by atoms with Gasteiger partial charge in [-0.25, -0.2) is 9.59 Å². The first-order chi connectivity index (χ1) is 7.60. The molecule has 1 N–H and O–H groups in total. The summed E-state index contributed by atoms with van der Waals surface area (Å²) in [5.74, 6) is -1.02. The SMILES string of the molecule is CN(C)CCN(C)C(=O)N(C)C(C)(C)C(=O)O. The Morgan fingerprint density at radius 3 is 1.88 bits per heavy atom. The Balaban J connectivity index is 4.54. The van der Waals surface area contributed by atoms with E-state index >= 15 is 0 Å². The quantitative estimate of drug-likeness (QED) is 0.761. The van der Waals surface area contributed by atoms with Crippen LogP contribution in [-0.4, -0.2) is 78.6 Å². The summed E-state index contributed by atoms with van der Waals surface area (Å²) < 4.78 is 0. The number of carboxylic acid groups (broad SMARTS) is 1. The molecular formula is C11H23N3O3. The predicted molar refractivity (Wildman–Crippen MR) is 66.1 cm³/mol. The fourth-order valence-corrected chi connectivity index (χ4v) is 1.08. The van der Waals surface area contributed by atoms with Gasteiger partial charge in [0.05, 0.1) is 0 Å². The van der Waals surface area contributed by atoms with Gasteiger partial charge in [-0.05, 0) is 27.9 Å². The van der Waals surface area contributed by atoms with Crippen molar-refractivity contribution in [3.05, 3.63) is 0 Å². The minimum atomic E-state index is -1.20. The molecule has 0 aliphatic carbocycles. The van der Waals surface area contributed by atoms with Gasteiger partial charge in [0.15, 0.2) is 0 Å². The van der Waals surface area contributed by atoms with E-state index in [4.69, 9.17) is 5.11 Å². The van der Waals surface area contributed by atoms with Gasteiger partial charge in [-0.3, -0.25) is 0 Å². The minimum Gasteiger partial charge on any atom is -0.480 e. The van der Waals surface area contributed by atoms with Gasteiger partial charge in [-0.1, -0.05) is 0 Å². The zero-order valence-corrected chi connectivity index (χ0v) is 11.5. The van der Waals surface area contributed by atoms with Crippen LogP contribution in [0, 0.1) is 0 Å². The molecule has 0 saturated carbocycles. The second kappa shape index (κ2) is 5.86. The van der Waals surface area contributed by atoms with Crippen molar-refractivity contribution in [2.24, 2.45) is 0 Å². The van der Waals surface area contributed by atoms with Crippen molar-refractivity contribution in [2.45, 2.75) is 19.4 Å². The molecule has 0 saturated heterocycles. The van der Waals surface area contributed by atoms with Gasteiger partial charge in [-0.2, -0.15) is 0 Å². The molecule has 0 aromatic heterocycles. The molecule has 0 radical (unpaired) electrons. The Labute approximate surface area is 103 Å². The lowest BCUT2D eigenvalue weighted by atomic mass is 10.0. The summed E-state index contributed by atoms with van der Waals surface area (Å²) in [4.78, 5) is 27.7. The zero-order chi connectivity index (χ0) is 13.8. The van der Waals surface area contributed by atoms with Crippen LogP contribution in [0.25, 0.3) is 0 Å². The first kappa shape index (κ1) is 15.7. The number of nitrogens with zero attached hydrogens (tertiary/aromatic N) is 3. The van der Waals surface area contributed by atoms with Gasteiger partial charge in [0.25, 0.3) is 0 Å². The van der Waals surface area contributed by atoms with Crippen LogP contribution in [-0.2, 0) is 4.79 Å². The van der Waals surface area contributed by atoms with Gasteiger partial charge in [0.2, 0.25) is 0 Å². The van der Waals surface area contributed by atoms with Crippen molar-refractivity contribution in [3.63, 3.8) is 0 Å². The number of hydrogen-bond acceptors (Lipinski definition) is 3. The molecule has 100 valence electrons. The van der Waals surface area contributed by atoms with Crippen LogP contribution in [0.1, 0.15) is 13.8 Å². The molecule has 6 heteroatoms. The van der Waals surface area contributed by atoms with E-state index in [0.717, 1.165) is 6.54 Å². The van der Waals surface area contributed by atoms with Crippen LogP contribution in [0.4, 0.5) is 4.79 Å². The molecule has 0 unspecified atom stereocenters. The van der Waals surface area contributed by atoms with Crippen LogP contribution in [0.3, 0.4) is 0 Å². The first-order valence-corrected chi connectivity index (χ1v) is 5.47. The van der Waals surface area contributed by atoms with E-state index in [0.29, 0.717) is 6.54 Å². The van der Waals surface area contributed by atoms with E-state index in [1.165, 1.54) is 30.7 Å². The number of amides is 2. The molecule has 17 heavy (non-hydrogen) atoms. The van der Waals surface area contributed by atoms with Gasteiger partial charge in [0, 0.05) is 27.2 Å². The Bertz CT molecular complexity index is 290. The van der Waals surface area contributed by atoms with Crippen molar-refractivity contribution in [1.82, 2.24) is 14.7 Å². The zero-order valence-electron chi connectivity index (χ0n) is 11.5. The Hall–Kier alpha value is -1.30. The van der Waals surface area contributed by atoms with Gasteiger partial charge >= 0.3 is 12.0 Å². The molecule has 0 aromatic carbocycles. The normalized spacial score (nSPS) is 11.5. The first-order valence-electron chi connectivity index (χ1n) is 5.47. The number of likely N-dealkylation sites (N-methyl/N-ethyl adjacent to an activating group) is 3. The number of aliphatic carboxylic acids is 1. The molecule has 2 amide bonds. The van der Waals surface area contributed by atoms with Crippen molar-refractivity contribution < 1.29 is 14.7 Å². The summed E-state index contributed by atoms with van der Waals surface area (Å²) in [7, 11) is 7.01. The molecule has 0 aliphatic rings. The van der Waals surface area contributed by atoms with E-state index in [-0.39, 0.29) is 6.03 Å². The van der Waals surface area contributed by atoms with Crippen LogP contribution in [0.2, 0.25) is 0 Å². The molecule has 0 rings (SSSR count). The molecule has 0 spiro atoms. The highest BCUT2D eigenvalue weighted by Crippen LogP contribution is 2.14. The molecule has 0 atom stereocenters. The topological polar surface area (TPSA) is 64.1 Å². The largest absolute Gasteiger partial charge is 0.480 e. The Morgan fingerprint density at radius 1 is 1.06 bits per heavy atom. The number of carboxylic acids is 1. The third kappa shape index (κ3) is 4.22. The summed E-state index contributed by atoms with van der Waals surface area (Å²) in [6, 6.07) is -0.292. The molecule has 0 bridgehead atoms. The summed E-state index contributed by atoms with van der Waals surface area (Å²) in [5.41, 5.74) is -1.20. The second-order valence-corrected chi connectivity index (χ2v) is 4.93. The second-order valence-electron chi connectivity index (χ2n) is 4.93. The monoisotopic (exact) mass is 245 g/mol. The molecule has 0 fully saturated rings. The van der Waals surface area contributed by atoms with Gasteiger partial charge < -0.3 is 19.8 Å². The highest BCUT2D eigenvalue weighted by Gasteiger charge is 2.36. The molecule has 0 heterocycles. The molecule has 6 nitrogen and oxygen atoms in total. The van der Waals surface area contributed by atoms with Crippen molar-refractivity contribution in [1.29, 1.82) is 0 Å². The maximum atomic E-state index is 12.0. The smallest absolute Gasteiger partial charge is 0.329 e. The van der Waals surface area contributed by atoms with Crippen LogP contribution >= 0.6 is 0 Å². The summed E-state index contributed by atoms with van der Waals surface area (Å²) >= 11 is 0. The van der Waals surface area contributed by atoms with E-state index < -0.39 is 11.5 Å². The number of urea groups is 1. The van der Waals surface area contributed by atoms with Crippen molar-refractivity contribution in [2.75, 3.05) is 41.3 Å². The average molecular weight is 245 g/mol. The van der Waals surface area contributed by atoms with Gasteiger partial charge in [-0.15, -0.1) is 0 Å². The van der Waals surface area contributed by atoms with Gasteiger partial charge in [0.1, 0.15) is 5.54 Å². The lowest BCUT2D eigenvalue weighted by molar-refractivity contribution is -0.147. The maximum absolute atomic E-state index is 12.0. The highest BCUT2D eigenvalue weighted by molar-refractivity contribution is 5.85. The third-order valence-corrected chi connectivity index (χ3v) is 2.86. The third-order valence-electron chi connectivity index (χ3n) is 2.86. The standard InChI is InChI=1S/C11H23N3O3/c1-11(2,9(15)16)14(6)10(17)13(5)8-7-12(3)4/h7-8H2,1-6H3,(H,15,16). The lowest BCUT2D eigenvalue weighted by Crippen LogP contribution is -2.54. The van der Waals surface area contributed by atoms with E-state index in [1.807, 2.05) is 19.0 Å². The van der Waals surface area contributed by atoms with E-state index in [9.17, 15) is 9.59 Å². The summed E-state index contributed by atoms with van der Waals surface area (Å²) in [6.07, 6.45) is 0.